The molecule has 1 aromatic rings. The van der Waals surface area contributed by atoms with E-state index in [1.165, 1.54) is 0 Å². The van der Waals surface area contributed by atoms with Crippen molar-refractivity contribution < 1.29 is 10.2 Å². The molecule has 0 bridgehead atoms. The van der Waals surface area contributed by atoms with Crippen LogP contribution in [0.3, 0.4) is 0 Å². The molecule has 3 N–H and O–H groups in total. The predicted molar refractivity (Wildman–Crippen MR) is 102 cm³/mol. The Morgan fingerprint density at radius 3 is 2.38 bits per heavy atom. The summed E-state index contributed by atoms with van der Waals surface area (Å²) < 4.78 is 0. The van der Waals surface area contributed by atoms with Crippen LogP contribution in [-0.2, 0) is 6.61 Å². The van der Waals surface area contributed by atoms with E-state index in [2.05, 4.69) is 29.0 Å². The van der Waals surface area contributed by atoms with Gasteiger partial charge in [0.15, 0.2) is 0 Å². The fourth-order valence-corrected chi connectivity index (χ4v) is 3.14. The summed E-state index contributed by atoms with van der Waals surface area (Å²) in [5, 5.41) is 23.6. The van der Waals surface area contributed by atoms with Crippen LogP contribution in [0.15, 0.2) is 6.20 Å². The zero-order valence-corrected chi connectivity index (χ0v) is 16.4. The highest BCUT2D eigenvalue weighted by Crippen LogP contribution is 2.37. The summed E-state index contributed by atoms with van der Waals surface area (Å²) in [6.07, 6.45) is 3.79. The van der Waals surface area contributed by atoms with Crippen molar-refractivity contribution in [2.24, 2.45) is 5.92 Å². The lowest BCUT2D eigenvalue weighted by atomic mass is 9.92. The van der Waals surface area contributed by atoms with Crippen LogP contribution in [0.25, 0.3) is 0 Å². The molecule has 5 nitrogen and oxygen atoms in total. The molecular formula is C17H31Cl2N3O2. The Bertz CT molecular complexity index is 495. The third kappa shape index (κ3) is 5.74. The highest BCUT2D eigenvalue weighted by atomic mass is 35.5. The Balaban J connectivity index is 0.00000264. The van der Waals surface area contributed by atoms with Crippen molar-refractivity contribution in [3.05, 3.63) is 23.0 Å². The summed E-state index contributed by atoms with van der Waals surface area (Å²) in [6, 6.07) is 0.147. The molecule has 0 radical (unpaired) electrons. The van der Waals surface area contributed by atoms with Gasteiger partial charge in [-0.3, -0.25) is 9.88 Å². The molecule has 2 rings (SSSR count). The summed E-state index contributed by atoms with van der Waals surface area (Å²) in [5.41, 5.74) is 2.25. The van der Waals surface area contributed by atoms with E-state index in [-0.39, 0.29) is 43.2 Å². The van der Waals surface area contributed by atoms with E-state index in [0.29, 0.717) is 11.6 Å². The maximum absolute atomic E-state index is 10.6. The van der Waals surface area contributed by atoms with Gasteiger partial charge in [0, 0.05) is 49.5 Å². The first-order valence-corrected chi connectivity index (χ1v) is 8.27. The number of nitrogens with zero attached hydrogens (tertiary/aromatic N) is 2. The van der Waals surface area contributed by atoms with Gasteiger partial charge in [0.1, 0.15) is 5.75 Å². The molecule has 1 atom stereocenters. The SMILES string of the molecule is Cc1ncc(CO)c([C@H](CCC(C)C)N2CCNCC2)c1O.Cl.Cl. The van der Waals surface area contributed by atoms with Crippen LogP contribution in [0, 0.1) is 12.8 Å². The van der Waals surface area contributed by atoms with Gasteiger partial charge in [0.05, 0.1) is 12.3 Å². The number of piperazine rings is 1. The van der Waals surface area contributed by atoms with Crippen LogP contribution in [0.5, 0.6) is 5.75 Å². The van der Waals surface area contributed by atoms with Crippen LogP contribution in [0.2, 0.25) is 0 Å². The molecule has 0 amide bonds. The smallest absolute Gasteiger partial charge is 0.141 e. The molecule has 2 heterocycles. The van der Waals surface area contributed by atoms with Crippen LogP contribution in [0.4, 0.5) is 0 Å². The minimum atomic E-state index is -0.0829. The molecule has 1 aromatic heterocycles. The number of rotatable bonds is 6. The second-order valence-electron chi connectivity index (χ2n) is 6.56. The van der Waals surface area contributed by atoms with Gasteiger partial charge in [0.2, 0.25) is 0 Å². The van der Waals surface area contributed by atoms with E-state index >= 15 is 0 Å². The summed E-state index contributed by atoms with van der Waals surface area (Å²) in [7, 11) is 0. The number of hydrogen-bond donors (Lipinski definition) is 3. The van der Waals surface area contributed by atoms with Gasteiger partial charge in [-0.2, -0.15) is 0 Å². The normalized spacial score (nSPS) is 16.4. The van der Waals surface area contributed by atoms with E-state index in [4.69, 9.17) is 0 Å². The van der Waals surface area contributed by atoms with Gasteiger partial charge in [-0.15, -0.1) is 24.8 Å². The van der Waals surface area contributed by atoms with Crippen molar-refractivity contribution in [1.82, 2.24) is 15.2 Å². The number of aliphatic hydroxyl groups is 1. The summed E-state index contributed by atoms with van der Waals surface area (Å²) in [6.45, 7) is 10.0. The third-order valence-corrected chi connectivity index (χ3v) is 4.47. The highest BCUT2D eigenvalue weighted by molar-refractivity contribution is 5.85. The molecule has 7 heteroatoms. The van der Waals surface area contributed by atoms with Crippen molar-refractivity contribution in [3.8, 4) is 5.75 Å². The number of hydrogen-bond acceptors (Lipinski definition) is 5. The third-order valence-electron chi connectivity index (χ3n) is 4.47. The van der Waals surface area contributed by atoms with Crippen LogP contribution in [-0.4, -0.2) is 46.3 Å². The minimum Gasteiger partial charge on any atom is -0.506 e. The average molecular weight is 380 g/mol. The zero-order valence-electron chi connectivity index (χ0n) is 14.8. The molecule has 1 aliphatic rings. The van der Waals surface area contributed by atoms with E-state index in [0.717, 1.165) is 50.1 Å². The molecule has 1 saturated heterocycles. The fourth-order valence-electron chi connectivity index (χ4n) is 3.14. The number of aromatic hydroxyl groups is 1. The molecule has 0 unspecified atom stereocenters. The van der Waals surface area contributed by atoms with Crippen molar-refractivity contribution in [2.45, 2.75) is 46.3 Å². The molecule has 1 fully saturated rings. The second-order valence-corrected chi connectivity index (χ2v) is 6.56. The molecule has 24 heavy (non-hydrogen) atoms. The molecule has 0 aromatic carbocycles. The largest absolute Gasteiger partial charge is 0.506 e. The number of aryl methyl sites for hydroxylation is 1. The first-order chi connectivity index (χ1) is 10.5. The Morgan fingerprint density at radius 1 is 1.21 bits per heavy atom. The van der Waals surface area contributed by atoms with Gasteiger partial charge in [-0.25, -0.2) is 0 Å². The lowest BCUT2D eigenvalue weighted by molar-refractivity contribution is 0.154. The first-order valence-electron chi connectivity index (χ1n) is 8.27. The van der Waals surface area contributed by atoms with Gasteiger partial charge >= 0.3 is 0 Å². The average Bonchev–Trinajstić information content (AvgIpc) is 2.52. The molecular weight excluding hydrogens is 349 g/mol. The van der Waals surface area contributed by atoms with Crippen LogP contribution < -0.4 is 5.32 Å². The Kier molecular flexibility index (Phi) is 10.8. The Hall–Kier alpha value is -0.590. The quantitative estimate of drug-likeness (QED) is 0.708. The van der Waals surface area contributed by atoms with Gasteiger partial charge in [0.25, 0.3) is 0 Å². The summed E-state index contributed by atoms with van der Waals surface area (Å²) in [5.74, 6) is 0.868. The van der Waals surface area contributed by atoms with Crippen LogP contribution in [0.1, 0.15) is 49.6 Å². The minimum absolute atomic E-state index is 0. The van der Waals surface area contributed by atoms with Crippen LogP contribution >= 0.6 is 24.8 Å². The van der Waals surface area contributed by atoms with E-state index in [1.807, 2.05) is 6.92 Å². The van der Waals surface area contributed by atoms with E-state index in [1.54, 1.807) is 6.20 Å². The zero-order chi connectivity index (χ0) is 16.1. The van der Waals surface area contributed by atoms with Crippen molar-refractivity contribution in [2.75, 3.05) is 26.2 Å². The Morgan fingerprint density at radius 2 is 1.83 bits per heavy atom. The molecule has 1 aliphatic heterocycles. The number of halogens is 2. The van der Waals surface area contributed by atoms with E-state index < -0.39 is 0 Å². The number of aromatic nitrogens is 1. The second kappa shape index (κ2) is 11.1. The topological polar surface area (TPSA) is 68.6 Å². The van der Waals surface area contributed by atoms with Crippen molar-refractivity contribution in [3.63, 3.8) is 0 Å². The molecule has 0 saturated carbocycles. The van der Waals surface area contributed by atoms with Crippen molar-refractivity contribution >= 4 is 24.8 Å². The molecule has 0 aliphatic carbocycles. The fraction of sp³-hybridized carbons (Fsp3) is 0.706. The Labute approximate surface area is 157 Å². The molecule has 140 valence electrons. The first kappa shape index (κ1) is 23.4. The highest BCUT2D eigenvalue weighted by Gasteiger charge is 2.27. The predicted octanol–water partition coefficient (Wildman–Crippen LogP) is 2.81. The lowest BCUT2D eigenvalue weighted by Gasteiger charge is -2.36. The summed E-state index contributed by atoms with van der Waals surface area (Å²) in [4.78, 5) is 6.62. The standard InChI is InChI=1S/C17H29N3O2.2ClH/c1-12(2)4-5-15(20-8-6-18-7-9-20)16-14(11-21)10-19-13(3)17(16)22;;/h10,12,15,18,21-22H,4-9,11H2,1-3H3;2*1H/t15-;;/m0../s1. The maximum Gasteiger partial charge on any atom is 0.141 e. The lowest BCUT2D eigenvalue weighted by Crippen LogP contribution is -2.45. The number of aliphatic hydroxyl groups excluding tert-OH is 1. The number of pyridine rings is 1. The maximum atomic E-state index is 10.6. The molecule has 0 spiro atoms. The van der Waals surface area contributed by atoms with Gasteiger partial charge in [-0.1, -0.05) is 13.8 Å². The van der Waals surface area contributed by atoms with Gasteiger partial charge in [-0.05, 0) is 25.7 Å². The summed E-state index contributed by atoms with van der Waals surface area (Å²) >= 11 is 0. The van der Waals surface area contributed by atoms with Crippen molar-refractivity contribution in [1.29, 1.82) is 0 Å². The number of nitrogens with one attached hydrogen (secondary N) is 1. The van der Waals surface area contributed by atoms with Gasteiger partial charge < -0.3 is 15.5 Å². The monoisotopic (exact) mass is 379 g/mol. The van der Waals surface area contributed by atoms with E-state index in [9.17, 15) is 10.2 Å².